The fourth-order valence-corrected chi connectivity index (χ4v) is 6.87. The topological polar surface area (TPSA) is 66.0 Å². The summed E-state index contributed by atoms with van der Waals surface area (Å²) in [5, 5.41) is 22.2. The van der Waals surface area contributed by atoms with Crippen LogP contribution in [0.1, 0.15) is 20.8 Å². The molecule has 0 bridgehead atoms. The number of carboxylic acid groups (broad SMARTS) is 1. The van der Waals surface area contributed by atoms with Crippen molar-refractivity contribution in [2.75, 3.05) is 0 Å². The number of rotatable bonds is 6. The standard InChI is InChI=1S/C33H20ClFN2O2S2/c1-19-5-9-24(10-6-19)41-37-29-12-8-23(35)17-27(29)31(26-13-14-40-30(26)18-36)32(37)21-4-2-3-20(15-21)25-11-7-22(33(38)39)16-28(25)34/h2-17H,1H3,(H,38,39). The normalized spacial score (nSPS) is 11.1. The van der Waals surface area contributed by atoms with E-state index in [4.69, 9.17) is 11.6 Å². The lowest BCUT2D eigenvalue weighted by atomic mass is 9.96. The number of benzene rings is 4. The zero-order valence-corrected chi connectivity index (χ0v) is 23.9. The second-order valence-corrected chi connectivity index (χ2v) is 11.8. The van der Waals surface area contributed by atoms with Crippen LogP contribution in [0.25, 0.3) is 44.4 Å². The molecule has 41 heavy (non-hydrogen) atoms. The van der Waals surface area contributed by atoms with Gasteiger partial charge in [-0.25, -0.2) is 9.18 Å². The van der Waals surface area contributed by atoms with Crippen molar-refractivity contribution >= 4 is 51.8 Å². The maximum Gasteiger partial charge on any atom is 0.335 e. The van der Waals surface area contributed by atoms with E-state index < -0.39 is 5.97 Å². The summed E-state index contributed by atoms with van der Waals surface area (Å²) in [5.74, 6) is -1.42. The second kappa shape index (κ2) is 10.9. The van der Waals surface area contributed by atoms with Crippen molar-refractivity contribution in [3.63, 3.8) is 0 Å². The van der Waals surface area contributed by atoms with Gasteiger partial charge in [0.05, 0.1) is 16.8 Å². The smallest absolute Gasteiger partial charge is 0.335 e. The molecule has 0 saturated heterocycles. The molecule has 2 aromatic heterocycles. The molecular formula is C33H20ClFN2O2S2. The van der Waals surface area contributed by atoms with Crippen molar-refractivity contribution in [1.82, 2.24) is 3.97 Å². The minimum absolute atomic E-state index is 0.107. The maximum absolute atomic E-state index is 14.7. The number of nitriles is 1. The van der Waals surface area contributed by atoms with Gasteiger partial charge in [-0.3, -0.25) is 3.97 Å². The molecular weight excluding hydrogens is 575 g/mol. The van der Waals surface area contributed by atoms with Gasteiger partial charge >= 0.3 is 5.97 Å². The minimum Gasteiger partial charge on any atom is -0.478 e. The summed E-state index contributed by atoms with van der Waals surface area (Å²) in [6.07, 6.45) is 0. The van der Waals surface area contributed by atoms with Gasteiger partial charge in [0.15, 0.2) is 0 Å². The molecule has 0 amide bonds. The summed E-state index contributed by atoms with van der Waals surface area (Å²) in [7, 11) is 0. The molecule has 4 nitrogen and oxygen atoms in total. The summed E-state index contributed by atoms with van der Waals surface area (Å²) in [5.41, 5.74) is 6.69. The summed E-state index contributed by atoms with van der Waals surface area (Å²) in [4.78, 5) is 13.0. The Morgan fingerprint density at radius 1 is 0.976 bits per heavy atom. The van der Waals surface area contributed by atoms with Crippen LogP contribution < -0.4 is 0 Å². The van der Waals surface area contributed by atoms with Crippen LogP contribution in [0.15, 0.2) is 101 Å². The van der Waals surface area contributed by atoms with Crippen molar-refractivity contribution in [3.05, 3.63) is 123 Å². The van der Waals surface area contributed by atoms with Gasteiger partial charge in [0.2, 0.25) is 0 Å². The predicted octanol–water partition coefficient (Wildman–Crippen LogP) is 9.93. The van der Waals surface area contributed by atoms with E-state index in [0.29, 0.717) is 20.8 Å². The van der Waals surface area contributed by atoms with Crippen LogP contribution in [0, 0.1) is 24.1 Å². The van der Waals surface area contributed by atoms with Gasteiger partial charge in [0, 0.05) is 37.6 Å². The minimum atomic E-state index is -1.05. The number of fused-ring (bicyclic) bond motifs is 1. The summed E-state index contributed by atoms with van der Waals surface area (Å²) in [6.45, 7) is 2.03. The third-order valence-electron chi connectivity index (χ3n) is 6.80. The Kier molecular flexibility index (Phi) is 7.14. The highest BCUT2D eigenvalue weighted by Gasteiger charge is 2.24. The van der Waals surface area contributed by atoms with E-state index in [2.05, 4.69) is 10.0 Å². The van der Waals surface area contributed by atoms with E-state index >= 15 is 0 Å². The Labute approximate surface area is 249 Å². The Morgan fingerprint density at radius 3 is 2.49 bits per heavy atom. The highest BCUT2D eigenvalue weighted by atomic mass is 35.5. The molecule has 2 heterocycles. The lowest BCUT2D eigenvalue weighted by Crippen LogP contribution is -1.96. The van der Waals surface area contributed by atoms with Crippen LogP contribution in [-0.2, 0) is 0 Å². The first-order valence-electron chi connectivity index (χ1n) is 12.5. The average molecular weight is 595 g/mol. The zero-order valence-electron chi connectivity index (χ0n) is 21.6. The molecule has 0 atom stereocenters. The highest BCUT2D eigenvalue weighted by Crippen LogP contribution is 2.47. The van der Waals surface area contributed by atoms with Gasteiger partial charge in [-0.1, -0.05) is 53.6 Å². The van der Waals surface area contributed by atoms with E-state index in [1.165, 1.54) is 47.6 Å². The van der Waals surface area contributed by atoms with E-state index in [9.17, 15) is 19.6 Å². The van der Waals surface area contributed by atoms with Gasteiger partial charge in [-0.15, -0.1) is 11.3 Å². The molecule has 6 aromatic rings. The van der Waals surface area contributed by atoms with E-state index in [1.807, 2.05) is 66.9 Å². The first-order chi connectivity index (χ1) is 19.8. The van der Waals surface area contributed by atoms with Gasteiger partial charge in [0.1, 0.15) is 16.8 Å². The van der Waals surface area contributed by atoms with Crippen molar-refractivity contribution in [2.45, 2.75) is 11.8 Å². The molecule has 1 N–H and O–H groups in total. The van der Waals surface area contributed by atoms with Crippen LogP contribution in [0.4, 0.5) is 4.39 Å². The fraction of sp³-hybridized carbons (Fsp3) is 0.0303. The maximum atomic E-state index is 14.7. The average Bonchev–Trinajstić information content (AvgIpc) is 3.56. The first kappa shape index (κ1) is 26.9. The number of aryl methyl sites for hydroxylation is 1. The Morgan fingerprint density at radius 2 is 1.76 bits per heavy atom. The lowest BCUT2D eigenvalue weighted by Gasteiger charge is -2.14. The Hall–Kier alpha value is -4.35. The van der Waals surface area contributed by atoms with Crippen LogP contribution in [0.3, 0.4) is 0 Å². The molecule has 0 aliphatic heterocycles. The first-order valence-corrected chi connectivity index (χ1v) is 14.6. The van der Waals surface area contributed by atoms with Gasteiger partial charge < -0.3 is 5.11 Å². The number of carboxylic acids is 1. The molecule has 6 rings (SSSR count). The third-order valence-corrected chi connectivity index (χ3v) is 8.98. The molecule has 8 heteroatoms. The number of aromatic nitrogens is 1. The van der Waals surface area contributed by atoms with Crippen LogP contribution >= 0.6 is 34.9 Å². The lowest BCUT2D eigenvalue weighted by molar-refractivity contribution is 0.0697. The molecule has 4 aromatic carbocycles. The summed E-state index contributed by atoms with van der Waals surface area (Å²) < 4.78 is 16.8. The van der Waals surface area contributed by atoms with Crippen LogP contribution in [0.5, 0.6) is 0 Å². The van der Waals surface area contributed by atoms with E-state index in [-0.39, 0.29) is 11.4 Å². The molecule has 0 radical (unpaired) electrons. The second-order valence-electron chi connectivity index (χ2n) is 9.44. The number of thiophene rings is 1. The fourth-order valence-electron chi connectivity index (χ4n) is 4.88. The number of aromatic carboxylic acids is 1. The van der Waals surface area contributed by atoms with E-state index in [0.717, 1.165) is 43.9 Å². The molecule has 0 saturated carbocycles. The summed E-state index contributed by atoms with van der Waals surface area (Å²) >= 11 is 9.41. The molecule has 0 unspecified atom stereocenters. The largest absolute Gasteiger partial charge is 0.478 e. The Bertz CT molecular complexity index is 2010. The predicted molar refractivity (Wildman–Crippen MR) is 165 cm³/mol. The molecule has 200 valence electrons. The van der Waals surface area contributed by atoms with Crippen molar-refractivity contribution in [1.29, 1.82) is 5.26 Å². The number of hydrogen-bond acceptors (Lipinski definition) is 4. The monoisotopic (exact) mass is 594 g/mol. The van der Waals surface area contributed by atoms with Crippen LogP contribution in [-0.4, -0.2) is 15.0 Å². The SMILES string of the molecule is Cc1ccc(Sn2c(-c3cccc(-c4ccc(C(=O)O)cc4Cl)c3)c(-c3ccsc3C#N)c3cc(F)ccc32)cc1. The number of hydrogen-bond donors (Lipinski definition) is 1. The molecule has 0 spiro atoms. The van der Waals surface area contributed by atoms with Crippen molar-refractivity contribution < 1.29 is 14.3 Å². The molecule has 0 aliphatic carbocycles. The van der Waals surface area contributed by atoms with Crippen molar-refractivity contribution in [3.8, 4) is 39.6 Å². The number of nitrogens with zero attached hydrogens (tertiary/aromatic N) is 2. The van der Waals surface area contributed by atoms with E-state index in [1.54, 1.807) is 12.1 Å². The zero-order chi connectivity index (χ0) is 28.7. The van der Waals surface area contributed by atoms with Gasteiger partial charge in [0.25, 0.3) is 0 Å². The van der Waals surface area contributed by atoms with Gasteiger partial charge in [-0.2, -0.15) is 5.26 Å². The summed E-state index contributed by atoms with van der Waals surface area (Å²) in [6, 6.07) is 29.6. The molecule has 0 fully saturated rings. The quantitative estimate of drug-likeness (QED) is 0.208. The number of halogens is 2. The third kappa shape index (κ3) is 5.02. The Balaban J connectivity index is 1.64. The van der Waals surface area contributed by atoms with Crippen molar-refractivity contribution in [2.24, 2.45) is 0 Å². The highest BCUT2D eigenvalue weighted by molar-refractivity contribution is 7.98. The molecule has 0 aliphatic rings. The van der Waals surface area contributed by atoms with Crippen LogP contribution in [0.2, 0.25) is 5.02 Å². The number of carbonyl (C=O) groups is 1. The van der Waals surface area contributed by atoms with Gasteiger partial charge in [-0.05, 0) is 84.4 Å².